The average Bonchev–Trinajstić information content (AvgIpc) is 2.71. The summed E-state index contributed by atoms with van der Waals surface area (Å²) in [7, 11) is 0. The second-order valence-corrected chi connectivity index (χ2v) is 3.05. The molecular weight excluding hydrogens is 124 g/mol. The largest absolute Gasteiger partial charge is 0.381 e. The van der Waals surface area contributed by atoms with Gasteiger partial charge in [0.1, 0.15) is 0 Å². The first-order valence-corrected chi connectivity index (χ1v) is 4.30. The van der Waals surface area contributed by atoms with Gasteiger partial charge in [-0.05, 0) is 18.8 Å². The first-order chi connectivity index (χ1) is 4.93. The van der Waals surface area contributed by atoms with Crippen LogP contribution >= 0.6 is 0 Å². The summed E-state index contributed by atoms with van der Waals surface area (Å²) < 4.78 is 5.38. The predicted octanol–water partition coefficient (Wildman–Crippen LogP) is 2.42. The molecule has 1 saturated carbocycles. The molecule has 10 heavy (non-hydrogen) atoms. The molecule has 1 fully saturated rings. The molecule has 1 rings (SSSR count). The smallest absolute Gasteiger partial charge is 0.0468 e. The van der Waals surface area contributed by atoms with Crippen molar-refractivity contribution in [2.45, 2.75) is 32.1 Å². The first-order valence-electron chi connectivity index (χ1n) is 4.30. The van der Waals surface area contributed by atoms with Crippen LogP contribution in [0.2, 0.25) is 0 Å². The minimum Gasteiger partial charge on any atom is -0.381 e. The van der Waals surface area contributed by atoms with E-state index in [1.54, 1.807) is 0 Å². The van der Waals surface area contributed by atoms with Crippen LogP contribution in [-0.2, 0) is 4.74 Å². The molecule has 0 saturated heterocycles. The topological polar surface area (TPSA) is 9.23 Å². The van der Waals surface area contributed by atoms with Crippen LogP contribution in [0.5, 0.6) is 0 Å². The molecule has 0 heterocycles. The van der Waals surface area contributed by atoms with Crippen molar-refractivity contribution in [1.82, 2.24) is 0 Å². The van der Waals surface area contributed by atoms with Gasteiger partial charge >= 0.3 is 0 Å². The van der Waals surface area contributed by atoms with Crippen LogP contribution in [0.1, 0.15) is 32.1 Å². The highest BCUT2D eigenvalue weighted by Crippen LogP contribution is 2.31. The quantitative estimate of drug-likeness (QED) is 0.516. The molecule has 1 nitrogen and oxygen atoms in total. The summed E-state index contributed by atoms with van der Waals surface area (Å²) in [5.41, 5.74) is 0. The molecule has 0 unspecified atom stereocenters. The number of hydrogen-bond donors (Lipinski definition) is 0. The Morgan fingerprint density at radius 2 is 2.10 bits per heavy atom. The van der Waals surface area contributed by atoms with Crippen molar-refractivity contribution in [3.8, 4) is 0 Å². The van der Waals surface area contributed by atoms with Gasteiger partial charge in [-0.3, -0.25) is 0 Å². The fraction of sp³-hybridized carbons (Fsp3) is 0.889. The van der Waals surface area contributed by atoms with Crippen molar-refractivity contribution in [2.24, 2.45) is 5.92 Å². The molecule has 0 aromatic heterocycles. The van der Waals surface area contributed by atoms with Gasteiger partial charge < -0.3 is 4.74 Å². The predicted molar refractivity (Wildman–Crippen MR) is 42.8 cm³/mol. The lowest BCUT2D eigenvalue weighted by Gasteiger charge is -2.00. The molecule has 0 aromatic rings. The highest BCUT2D eigenvalue weighted by Gasteiger charge is 2.20. The SMILES string of the molecule is [CH2]CCCOCCC1CC1. The van der Waals surface area contributed by atoms with E-state index >= 15 is 0 Å². The van der Waals surface area contributed by atoms with Crippen LogP contribution in [0.15, 0.2) is 0 Å². The van der Waals surface area contributed by atoms with Crippen LogP contribution in [-0.4, -0.2) is 13.2 Å². The van der Waals surface area contributed by atoms with Gasteiger partial charge in [0.25, 0.3) is 0 Å². The summed E-state index contributed by atoms with van der Waals surface area (Å²) in [6.45, 7) is 5.64. The van der Waals surface area contributed by atoms with E-state index in [4.69, 9.17) is 4.74 Å². The number of unbranched alkanes of at least 4 members (excludes halogenated alkanes) is 1. The zero-order chi connectivity index (χ0) is 7.23. The normalized spacial score (nSPS) is 17.7. The third kappa shape index (κ3) is 3.89. The maximum absolute atomic E-state index is 5.38. The summed E-state index contributed by atoms with van der Waals surface area (Å²) in [6.07, 6.45) is 6.29. The van der Waals surface area contributed by atoms with Crippen molar-refractivity contribution >= 4 is 0 Å². The summed E-state index contributed by atoms with van der Waals surface area (Å²) in [5, 5.41) is 0. The van der Waals surface area contributed by atoms with Crippen molar-refractivity contribution in [3.05, 3.63) is 6.92 Å². The lowest BCUT2D eigenvalue weighted by Crippen LogP contribution is -1.96. The van der Waals surface area contributed by atoms with Crippen LogP contribution in [0, 0.1) is 12.8 Å². The van der Waals surface area contributed by atoms with E-state index in [0.29, 0.717) is 0 Å². The molecule has 0 amide bonds. The lowest BCUT2D eigenvalue weighted by molar-refractivity contribution is 0.126. The number of rotatable bonds is 6. The van der Waals surface area contributed by atoms with Crippen molar-refractivity contribution in [1.29, 1.82) is 0 Å². The van der Waals surface area contributed by atoms with E-state index in [9.17, 15) is 0 Å². The van der Waals surface area contributed by atoms with Crippen molar-refractivity contribution < 1.29 is 4.74 Å². The Labute approximate surface area is 63.8 Å². The van der Waals surface area contributed by atoms with Gasteiger partial charge in [-0.2, -0.15) is 0 Å². The van der Waals surface area contributed by atoms with Gasteiger partial charge in [-0.15, -0.1) is 0 Å². The Kier molecular flexibility index (Phi) is 3.81. The lowest BCUT2D eigenvalue weighted by atomic mass is 10.3. The minimum absolute atomic E-state index is 0.913. The standard InChI is InChI=1S/C9H17O/c1-2-3-7-10-8-6-9-4-5-9/h9H,1-8H2. The van der Waals surface area contributed by atoms with E-state index < -0.39 is 0 Å². The molecule has 59 valence electrons. The highest BCUT2D eigenvalue weighted by molar-refractivity contribution is 4.72. The zero-order valence-corrected chi connectivity index (χ0v) is 6.64. The van der Waals surface area contributed by atoms with E-state index in [2.05, 4.69) is 6.92 Å². The average molecular weight is 141 g/mol. The van der Waals surface area contributed by atoms with Gasteiger partial charge in [0.15, 0.2) is 0 Å². The van der Waals surface area contributed by atoms with Crippen molar-refractivity contribution in [3.63, 3.8) is 0 Å². The fourth-order valence-corrected chi connectivity index (χ4v) is 0.963. The van der Waals surface area contributed by atoms with Gasteiger partial charge in [-0.25, -0.2) is 0 Å². The first kappa shape index (κ1) is 8.06. The minimum atomic E-state index is 0.913. The molecule has 1 heteroatoms. The number of hydrogen-bond acceptors (Lipinski definition) is 1. The molecular formula is C9H17O. The highest BCUT2D eigenvalue weighted by atomic mass is 16.5. The summed E-state index contributed by atoms with van der Waals surface area (Å²) in [4.78, 5) is 0. The number of ether oxygens (including phenoxy) is 1. The molecule has 1 aliphatic rings. The van der Waals surface area contributed by atoms with Crippen LogP contribution < -0.4 is 0 Å². The second kappa shape index (κ2) is 4.73. The maximum Gasteiger partial charge on any atom is 0.0468 e. The third-order valence-corrected chi connectivity index (χ3v) is 1.91. The van der Waals surface area contributed by atoms with Gasteiger partial charge in [0.05, 0.1) is 0 Å². The Bertz CT molecular complexity index is 76.8. The Balaban J connectivity index is 1.68. The van der Waals surface area contributed by atoms with Gasteiger partial charge in [-0.1, -0.05) is 26.2 Å². The molecule has 0 aliphatic heterocycles. The van der Waals surface area contributed by atoms with Crippen molar-refractivity contribution in [2.75, 3.05) is 13.2 Å². The second-order valence-electron chi connectivity index (χ2n) is 3.05. The monoisotopic (exact) mass is 141 g/mol. The summed E-state index contributed by atoms with van der Waals surface area (Å²) >= 11 is 0. The summed E-state index contributed by atoms with van der Waals surface area (Å²) in [5.74, 6) is 1.01. The zero-order valence-electron chi connectivity index (χ0n) is 6.64. The van der Waals surface area contributed by atoms with Crippen LogP contribution in [0.25, 0.3) is 0 Å². The molecule has 0 bridgehead atoms. The molecule has 0 spiro atoms. The van der Waals surface area contributed by atoms with Crippen LogP contribution in [0.3, 0.4) is 0 Å². The van der Waals surface area contributed by atoms with Crippen LogP contribution in [0.4, 0.5) is 0 Å². The Morgan fingerprint density at radius 1 is 1.30 bits per heavy atom. The maximum atomic E-state index is 5.38. The molecule has 0 aromatic carbocycles. The van der Waals surface area contributed by atoms with E-state index in [0.717, 1.165) is 32.0 Å². The molecule has 0 atom stereocenters. The van der Waals surface area contributed by atoms with E-state index in [1.807, 2.05) is 0 Å². The van der Waals surface area contributed by atoms with E-state index in [-0.39, 0.29) is 0 Å². The van der Waals surface area contributed by atoms with Gasteiger partial charge in [0, 0.05) is 13.2 Å². The molecule has 1 radical (unpaired) electrons. The summed E-state index contributed by atoms with van der Waals surface area (Å²) in [6, 6.07) is 0. The fourth-order valence-electron chi connectivity index (χ4n) is 0.963. The molecule has 0 N–H and O–H groups in total. The third-order valence-electron chi connectivity index (χ3n) is 1.91. The Hall–Kier alpha value is -0.0400. The molecule has 1 aliphatic carbocycles. The van der Waals surface area contributed by atoms with E-state index in [1.165, 1.54) is 19.3 Å². The van der Waals surface area contributed by atoms with Gasteiger partial charge in [0.2, 0.25) is 0 Å². The Morgan fingerprint density at radius 3 is 2.70 bits per heavy atom.